The number of para-hydroxylation sites is 1. The molecule has 0 saturated carbocycles. The number of nitrogens with zero attached hydrogens (tertiary/aromatic N) is 1. The highest BCUT2D eigenvalue weighted by Crippen LogP contribution is 2.35. The van der Waals surface area contributed by atoms with Gasteiger partial charge in [0.25, 0.3) is 0 Å². The minimum Gasteiger partial charge on any atom is -0.398 e. The van der Waals surface area contributed by atoms with Crippen molar-refractivity contribution >= 4 is 44.8 Å². The Hall–Kier alpha value is -1.85. The van der Waals surface area contributed by atoms with Gasteiger partial charge in [-0.25, -0.2) is 4.98 Å². The van der Waals surface area contributed by atoms with Gasteiger partial charge in [-0.1, -0.05) is 23.9 Å². The van der Waals surface area contributed by atoms with Crippen molar-refractivity contribution in [2.45, 2.75) is 16.2 Å². The third-order valence-electron chi connectivity index (χ3n) is 2.88. The molecule has 100 valence electrons. The Morgan fingerprint density at radius 3 is 2.75 bits per heavy atom. The summed E-state index contributed by atoms with van der Waals surface area (Å²) in [6, 6.07) is 13.6. The SMILES string of the molecule is CC(=O)c1ccc(Sc2nc3ccccc3s2)cc1N. The van der Waals surface area contributed by atoms with Crippen molar-refractivity contribution in [2.75, 3.05) is 5.73 Å². The molecule has 0 aliphatic carbocycles. The van der Waals surface area contributed by atoms with Crippen LogP contribution in [-0.2, 0) is 0 Å². The molecular formula is C15H12N2OS2. The van der Waals surface area contributed by atoms with E-state index in [9.17, 15) is 4.79 Å². The van der Waals surface area contributed by atoms with Gasteiger partial charge in [-0.15, -0.1) is 11.3 Å². The molecule has 0 aliphatic rings. The molecule has 0 unspecified atom stereocenters. The molecule has 0 spiro atoms. The number of anilines is 1. The number of hydrogen-bond acceptors (Lipinski definition) is 5. The largest absolute Gasteiger partial charge is 0.398 e. The fraction of sp³-hybridized carbons (Fsp3) is 0.0667. The van der Waals surface area contributed by atoms with Crippen molar-refractivity contribution in [3.05, 3.63) is 48.0 Å². The van der Waals surface area contributed by atoms with E-state index in [2.05, 4.69) is 11.1 Å². The summed E-state index contributed by atoms with van der Waals surface area (Å²) in [6.45, 7) is 1.52. The van der Waals surface area contributed by atoms with Gasteiger partial charge in [0, 0.05) is 16.1 Å². The summed E-state index contributed by atoms with van der Waals surface area (Å²) >= 11 is 3.22. The molecule has 2 aromatic carbocycles. The predicted octanol–water partition coefficient (Wildman–Crippen LogP) is 4.23. The number of nitrogens with two attached hydrogens (primary N) is 1. The summed E-state index contributed by atoms with van der Waals surface area (Å²) in [6.07, 6.45) is 0. The van der Waals surface area contributed by atoms with E-state index in [0.717, 1.165) is 14.8 Å². The molecule has 0 aliphatic heterocycles. The lowest BCUT2D eigenvalue weighted by atomic mass is 10.1. The number of thiazole rings is 1. The molecule has 0 radical (unpaired) electrons. The number of rotatable bonds is 3. The highest BCUT2D eigenvalue weighted by molar-refractivity contribution is 8.01. The van der Waals surface area contributed by atoms with Gasteiger partial charge in [0.15, 0.2) is 10.1 Å². The van der Waals surface area contributed by atoms with Crippen molar-refractivity contribution in [3.8, 4) is 0 Å². The molecule has 20 heavy (non-hydrogen) atoms. The van der Waals surface area contributed by atoms with Crippen LogP contribution in [0.4, 0.5) is 5.69 Å². The number of ketones is 1. The summed E-state index contributed by atoms with van der Waals surface area (Å²) in [7, 11) is 0. The van der Waals surface area contributed by atoms with Gasteiger partial charge < -0.3 is 5.73 Å². The van der Waals surface area contributed by atoms with Crippen LogP contribution in [0.15, 0.2) is 51.7 Å². The van der Waals surface area contributed by atoms with Crippen LogP contribution in [0.1, 0.15) is 17.3 Å². The Labute approximate surface area is 124 Å². The van der Waals surface area contributed by atoms with Crippen LogP contribution in [-0.4, -0.2) is 10.8 Å². The maximum Gasteiger partial charge on any atom is 0.161 e. The summed E-state index contributed by atoms with van der Waals surface area (Å²) in [4.78, 5) is 16.9. The van der Waals surface area contributed by atoms with Crippen LogP contribution in [0.3, 0.4) is 0 Å². The summed E-state index contributed by atoms with van der Waals surface area (Å²) in [5, 5.41) is 0. The zero-order valence-corrected chi connectivity index (χ0v) is 12.4. The standard InChI is InChI=1S/C15H12N2OS2/c1-9(18)11-7-6-10(8-12(11)16)19-15-17-13-4-2-3-5-14(13)20-15/h2-8H,16H2,1H3. The Bertz CT molecular complexity index is 762. The minimum absolute atomic E-state index is 0.0148. The second kappa shape index (κ2) is 5.26. The molecule has 0 fully saturated rings. The number of aromatic nitrogens is 1. The molecule has 0 saturated heterocycles. The number of benzene rings is 2. The quantitative estimate of drug-likeness (QED) is 0.581. The van der Waals surface area contributed by atoms with Crippen LogP contribution in [0, 0.1) is 0 Å². The first kappa shape index (κ1) is 13.1. The van der Waals surface area contributed by atoms with Gasteiger partial charge in [-0.05, 0) is 37.3 Å². The molecule has 0 bridgehead atoms. The topological polar surface area (TPSA) is 56.0 Å². The van der Waals surface area contributed by atoms with Crippen LogP contribution >= 0.6 is 23.1 Å². The van der Waals surface area contributed by atoms with E-state index in [4.69, 9.17) is 5.73 Å². The van der Waals surface area contributed by atoms with Gasteiger partial charge in [-0.3, -0.25) is 4.79 Å². The van der Waals surface area contributed by atoms with Crippen molar-refractivity contribution < 1.29 is 4.79 Å². The molecule has 3 aromatic rings. The molecule has 0 atom stereocenters. The van der Waals surface area contributed by atoms with Crippen molar-refractivity contribution in [3.63, 3.8) is 0 Å². The third kappa shape index (κ3) is 2.55. The number of nitrogen functional groups attached to an aromatic ring is 1. The van der Waals surface area contributed by atoms with Crippen molar-refractivity contribution in [1.29, 1.82) is 0 Å². The fourth-order valence-electron chi connectivity index (χ4n) is 1.92. The first-order valence-corrected chi connectivity index (χ1v) is 7.70. The van der Waals surface area contributed by atoms with Crippen molar-refractivity contribution in [1.82, 2.24) is 4.98 Å². The first-order chi connectivity index (χ1) is 9.63. The average Bonchev–Trinajstić information content (AvgIpc) is 2.80. The highest BCUT2D eigenvalue weighted by Gasteiger charge is 2.08. The maximum atomic E-state index is 11.4. The third-order valence-corrected chi connectivity index (χ3v) is 4.97. The van der Waals surface area contributed by atoms with Crippen LogP contribution in [0.5, 0.6) is 0 Å². The fourth-order valence-corrected chi connectivity index (χ4v) is 4.01. The normalized spacial score (nSPS) is 10.8. The van der Waals surface area contributed by atoms with Crippen LogP contribution in [0.2, 0.25) is 0 Å². The van der Waals surface area contributed by atoms with E-state index in [1.165, 1.54) is 11.6 Å². The first-order valence-electron chi connectivity index (χ1n) is 6.07. The second-order valence-electron chi connectivity index (χ2n) is 4.35. The molecule has 3 rings (SSSR count). The lowest BCUT2D eigenvalue weighted by Crippen LogP contribution is -1.99. The zero-order chi connectivity index (χ0) is 14.1. The zero-order valence-electron chi connectivity index (χ0n) is 10.8. The molecule has 2 N–H and O–H groups in total. The molecule has 1 aromatic heterocycles. The van der Waals surface area contributed by atoms with Crippen LogP contribution in [0.25, 0.3) is 10.2 Å². The second-order valence-corrected chi connectivity index (χ2v) is 6.71. The van der Waals surface area contributed by atoms with E-state index < -0.39 is 0 Å². The predicted molar refractivity (Wildman–Crippen MR) is 84.6 cm³/mol. The number of fused-ring (bicyclic) bond motifs is 1. The summed E-state index contributed by atoms with van der Waals surface area (Å²) < 4.78 is 2.14. The lowest BCUT2D eigenvalue weighted by molar-refractivity contribution is 0.101. The molecule has 0 amide bonds. The van der Waals surface area contributed by atoms with Gasteiger partial charge in [-0.2, -0.15) is 0 Å². The van der Waals surface area contributed by atoms with E-state index >= 15 is 0 Å². The van der Waals surface area contributed by atoms with Gasteiger partial charge in [0.1, 0.15) is 0 Å². The number of hydrogen-bond donors (Lipinski definition) is 1. The number of carbonyl (C=O) groups excluding carboxylic acids is 1. The van der Waals surface area contributed by atoms with Crippen molar-refractivity contribution in [2.24, 2.45) is 0 Å². The Morgan fingerprint density at radius 1 is 1.25 bits per heavy atom. The van der Waals surface area contributed by atoms with Gasteiger partial charge in [0.2, 0.25) is 0 Å². The monoisotopic (exact) mass is 300 g/mol. The molecule has 3 nitrogen and oxygen atoms in total. The van der Waals surface area contributed by atoms with E-state index in [-0.39, 0.29) is 5.78 Å². The Morgan fingerprint density at radius 2 is 2.05 bits per heavy atom. The van der Waals surface area contributed by atoms with Gasteiger partial charge >= 0.3 is 0 Å². The Kier molecular flexibility index (Phi) is 3.46. The highest BCUT2D eigenvalue weighted by atomic mass is 32.2. The summed E-state index contributed by atoms with van der Waals surface area (Å²) in [5.74, 6) is -0.0148. The molecule has 5 heteroatoms. The van der Waals surface area contributed by atoms with E-state index in [1.807, 2.05) is 30.3 Å². The molecular weight excluding hydrogens is 288 g/mol. The summed E-state index contributed by atoms with van der Waals surface area (Å²) in [5.41, 5.74) is 7.99. The number of Topliss-reactive ketones (excluding diaryl/α,β-unsaturated/α-hetero) is 1. The average molecular weight is 300 g/mol. The smallest absolute Gasteiger partial charge is 0.161 e. The Balaban J connectivity index is 1.90. The minimum atomic E-state index is -0.0148. The number of carbonyl (C=O) groups is 1. The van der Waals surface area contributed by atoms with Gasteiger partial charge in [0.05, 0.1) is 10.2 Å². The van der Waals surface area contributed by atoms with E-state index in [1.54, 1.807) is 29.2 Å². The van der Waals surface area contributed by atoms with Crippen LogP contribution < -0.4 is 5.73 Å². The maximum absolute atomic E-state index is 11.4. The lowest BCUT2D eigenvalue weighted by Gasteiger charge is -2.04. The van der Waals surface area contributed by atoms with E-state index in [0.29, 0.717) is 11.3 Å². The molecule has 1 heterocycles.